The van der Waals surface area contributed by atoms with Gasteiger partial charge >= 0.3 is 11.9 Å². The minimum absolute atomic E-state index is 0.319. The van der Waals surface area contributed by atoms with Crippen LogP contribution in [0, 0.1) is 11.8 Å². The van der Waals surface area contributed by atoms with E-state index >= 15 is 0 Å². The Morgan fingerprint density at radius 2 is 1.07 bits per heavy atom. The molecule has 0 aromatic carbocycles. The van der Waals surface area contributed by atoms with Crippen LogP contribution in [-0.4, -0.2) is 22.2 Å². The Morgan fingerprint density at radius 1 is 0.857 bits per heavy atom. The van der Waals surface area contributed by atoms with Crippen molar-refractivity contribution in [3.05, 3.63) is 13.2 Å². The highest BCUT2D eigenvalue weighted by molar-refractivity contribution is 5.72. The molecule has 0 aliphatic heterocycles. The van der Waals surface area contributed by atoms with Gasteiger partial charge in [-0.3, -0.25) is 9.59 Å². The van der Waals surface area contributed by atoms with Crippen LogP contribution in [0.25, 0.3) is 0 Å². The van der Waals surface area contributed by atoms with E-state index in [4.69, 9.17) is 10.2 Å². The zero-order valence-electron chi connectivity index (χ0n) is 8.11. The minimum atomic E-state index is -0.793. The highest BCUT2D eigenvalue weighted by Crippen LogP contribution is 2.28. The summed E-state index contributed by atoms with van der Waals surface area (Å²) < 4.78 is 0. The van der Waals surface area contributed by atoms with Crippen LogP contribution in [0.15, 0.2) is 13.2 Å². The summed E-state index contributed by atoms with van der Waals surface area (Å²) in [5.41, 5.74) is 0. The smallest absolute Gasteiger partial charge is 0.306 e. The molecule has 0 bridgehead atoms. The minimum Gasteiger partial charge on any atom is -0.481 e. The van der Waals surface area contributed by atoms with Crippen LogP contribution in [0.5, 0.6) is 0 Å². The lowest BCUT2D eigenvalue weighted by Crippen LogP contribution is -2.25. The molecule has 1 aliphatic rings. The number of aliphatic carboxylic acids is 2. The molecule has 0 aromatic rings. The second-order valence-corrected chi connectivity index (χ2v) is 3.23. The van der Waals surface area contributed by atoms with E-state index in [-0.39, 0.29) is 11.8 Å². The monoisotopic (exact) mass is 200 g/mol. The largest absolute Gasteiger partial charge is 0.481 e. The maximum absolute atomic E-state index is 10.5. The van der Waals surface area contributed by atoms with E-state index in [1.165, 1.54) is 0 Å². The van der Waals surface area contributed by atoms with Crippen molar-refractivity contribution in [2.45, 2.75) is 25.7 Å². The van der Waals surface area contributed by atoms with Crippen LogP contribution in [0.3, 0.4) is 0 Å². The first kappa shape index (κ1) is 12.7. The van der Waals surface area contributed by atoms with Gasteiger partial charge in [0.05, 0.1) is 11.8 Å². The van der Waals surface area contributed by atoms with Crippen molar-refractivity contribution in [3.63, 3.8) is 0 Å². The number of carbonyl (C=O) groups is 2. The van der Waals surface area contributed by atoms with Crippen molar-refractivity contribution >= 4 is 11.9 Å². The summed E-state index contributed by atoms with van der Waals surface area (Å²) in [5, 5.41) is 17.2. The van der Waals surface area contributed by atoms with Gasteiger partial charge in [0.25, 0.3) is 0 Å². The third kappa shape index (κ3) is 3.60. The Morgan fingerprint density at radius 3 is 1.21 bits per heavy atom. The van der Waals surface area contributed by atoms with Crippen LogP contribution in [0.4, 0.5) is 0 Å². The summed E-state index contributed by atoms with van der Waals surface area (Å²) >= 11 is 0. The third-order valence-corrected chi connectivity index (χ3v) is 2.43. The molecule has 1 fully saturated rings. The molecule has 4 nitrogen and oxygen atoms in total. The number of hydrogen-bond acceptors (Lipinski definition) is 2. The summed E-state index contributed by atoms with van der Waals surface area (Å²) in [7, 11) is 0. The summed E-state index contributed by atoms with van der Waals surface area (Å²) in [6.07, 6.45) is 2.03. The zero-order chi connectivity index (χ0) is 11.1. The maximum atomic E-state index is 10.5. The Hall–Kier alpha value is -1.32. The van der Waals surface area contributed by atoms with Crippen molar-refractivity contribution in [2.75, 3.05) is 0 Å². The molecule has 1 rings (SSSR count). The molecule has 0 aromatic heterocycles. The van der Waals surface area contributed by atoms with E-state index in [1.807, 2.05) is 0 Å². The van der Waals surface area contributed by atoms with Gasteiger partial charge in [0.15, 0.2) is 0 Å². The Kier molecular flexibility index (Phi) is 5.60. The maximum Gasteiger partial charge on any atom is 0.306 e. The van der Waals surface area contributed by atoms with Gasteiger partial charge in [-0.15, -0.1) is 13.2 Å². The molecule has 0 amide bonds. The fraction of sp³-hybridized carbons (Fsp3) is 0.600. The van der Waals surface area contributed by atoms with Gasteiger partial charge in [0, 0.05) is 0 Å². The lowest BCUT2D eigenvalue weighted by atomic mass is 9.82. The summed E-state index contributed by atoms with van der Waals surface area (Å²) in [4.78, 5) is 21.0. The number of carboxylic acids is 2. The number of rotatable bonds is 2. The average molecular weight is 200 g/mol. The van der Waals surface area contributed by atoms with Crippen molar-refractivity contribution in [3.8, 4) is 0 Å². The standard InChI is InChI=1S/C8H12O4.C2H4/c9-7(10)5-1-2-6(4-3-5)8(11)12;1-2/h5-6H,1-4H2,(H,9,10)(H,11,12);1-2H2. The molecule has 0 spiro atoms. The van der Waals surface area contributed by atoms with Crippen molar-refractivity contribution in [1.82, 2.24) is 0 Å². The van der Waals surface area contributed by atoms with Gasteiger partial charge in [-0.25, -0.2) is 0 Å². The molecule has 0 radical (unpaired) electrons. The van der Waals surface area contributed by atoms with Crippen molar-refractivity contribution < 1.29 is 19.8 Å². The van der Waals surface area contributed by atoms with Gasteiger partial charge < -0.3 is 10.2 Å². The van der Waals surface area contributed by atoms with Gasteiger partial charge in [-0.2, -0.15) is 0 Å². The number of carboxylic acid groups (broad SMARTS) is 2. The second-order valence-electron chi connectivity index (χ2n) is 3.23. The van der Waals surface area contributed by atoms with Crippen LogP contribution in [-0.2, 0) is 9.59 Å². The first-order valence-electron chi connectivity index (χ1n) is 4.57. The lowest BCUT2D eigenvalue weighted by molar-refractivity contribution is -0.148. The third-order valence-electron chi connectivity index (χ3n) is 2.43. The molecule has 1 aliphatic carbocycles. The SMILES string of the molecule is C=C.O=C(O)C1CCC(C(=O)O)CC1. The van der Waals surface area contributed by atoms with Gasteiger partial charge in [0.1, 0.15) is 0 Å². The molecule has 0 atom stereocenters. The van der Waals surface area contributed by atoms with Crippen molar-refractivity contribution in [2.24, 2.45) is 11.8 Å². The van der Waals surface area contributed by atoms with E-state index in [1.54, 1.807) is 0 Å². The Bertz CT molecular complexity index is 182. The molecular formula is C10H16O4. The molecule has 80 valence electrons. The van der Waals surface area contributed by atoms with E-state index in [0.717, 1.165) is 0 Å². The Balaban J connectivity index is 0.000000791. The number of hydrogen-bond donors (Lipinski definition) is 2. The highest BCUT2D eigenvalue weighted by atomic mass is 16.4. The first-order valence-corrected chi connectivity index (χ1v) is 4.57. The summed E-state index contributed by atoms with van der Waals surface area (Å²) in [6.45, 7) is 6.00. The molecule has 0 heterocycles. The van der Waals surface area contributed by atoms with E-state index in [2.05, 4.69) is 13.2 Å². The molecule has 0 unspecified atom stereocenters. The Labute approximate surface area is 83.2 Å². The topological polar surface area (TPSA) is 74.6 Å². The lowest BCUT2D eigenvalue weighted by Gasteiger charge is -2.22. The molecule has 2 N–H and O–H groups in total. The van der Waals surface area contributed by atoms with Crippen molar-refractivity contribution in [1.29, 1.82) is 0 Å². The van der Waals surface area contributed by atoms with E-state index < -0.39 is 11.9 Å². The molecule has 0 saturated heterocycles. The highest BCUT2D eigenvalue weighted by Gasteiger charge is 2.29. The van der Waals surface area contributed by atoms with Gasteiger partial charge in [0.2, 0.25) is 0 Å². The predicted octanol–water partition coefficient (Wildman–Crippen LogP) is 1.76. The fourth-order valence-electron chi connectivity index (χ4n) is 1.59. The summed E-state index contributed by atoms with van der Waals surface area (Å²) in [6, 6.07) is 0. The average Bonchev–Trinajstić information content (AvgIpc) is 2.21. The zero-order valence-corrected chi connectivity index (χ0v) is 8.11. The quantitative estimate of drug-likeness (QED) is 0.666. The van der Waals surface area contributed by atoms with Gasteiger partial charge in [-0.1, -0.05) is 0 Å². The molecule has 4 heteroatoms. The fourth-order valence-corrected chi connectivity index (χ4v) is 1.59. The van der Waals surface area contributed by atoms with Gasteiger partial charge in [-0.05, 0) is 25.7 Å². The van der Waals surface area contributed by atoms with E-state index in [9.17, 15) is 9.59 Å². The predicted molar refractivity (Wildman–Crippen MR) is 52.0 cm³/mol. The normalized spacial score (nSPS) is 25.7. The van der Waals surface area contributed by atoms with Crippen LogP contribution >= 0.6 is 0 Å². The molecular weight excluding hydrogens is 184 g/mol. The molecule has 14 heavy (non-hydrogen) atoms. The van der Waals surface area contributed by atoms with Crippen LogP contribution in [0.2, 0.25) is 0 Å². The summed E-state index contributed by atoms with van der Waals surface area (Å²) in [5.74, 6) is -2.22. The van der Waals surface area contributed by atoms with Crippen LogP contribution < -0.4 is 0 Å². The molecule has 1 saturated carbocycles. The second kappa shape index (κ2) is 6.18. The van der Waals surface area contributed by atoms with Crippen LogP contribution in [0.1, 0.15) is 25.7 Å². The first-order chi connectivity index (χ1) is 6.61. The van der Waals surface area contributed by atoms with E-state index in [0.29, 0.717) is 25.7 Å².